The van der Waals surface area contributed by atoms with E-state index in [1.165, 1.54) is 30.7 Å². The molecule has 0 unspecified atom stereocenters. The largest absolute Gasteiger partial charge is 0.460 e. The molecule has 0 aromatic rings. The van der Waals surface area contributed by atoms with E-state index in [0.29, 0.717) is 0 Å². The molecular weight excluding hydrogens is 458 g/mol. The lowest BCUT2D eigenvalue weighted by Gasteiger charge is -2.34. The minimum Gasteiger partial charge on any atom is -0.317 e. The molecule has 18 heteroatoms. The summed E-state index contributed by atoms with van der Waals surface area (Å²) in [5.74, 6) is -14.5. The van der Waals surface area contributed by atoms with Gasteiger partial charge in [0, 0.05) is 0 Å². The molecule has 1 rings (SSSR count). The van der Waals surface area contributed by atoms with Crippen LogP contribution < -0.4 is 5.32 Å². The third-order valence-electron chi connectivity index (χ3n) is 2.93. The molecule has 0 aromatic heterocycles. The molecule has 0 atom stereocenters. The smallest absolute Gasteiger partial charge is 0.317 e. The highest BCUT2D eigenvalue weighted by Crippen LogP contribution is 2.52. The first-order chi connectivity index (χ1) is 12.2. The van der Waals surface area contributed by atoms with Gasteiger partial charge in [-0.2, -0.15) is 52.3 Å². The molecule has 1 aliphatic heterocycles. The molecule has 1 saturated heterocycles. The molecule has 0 aromatic carbocycles. The zero-order valence-corrected chi connectivity index (χ0v) is 13.8. The van der Waals surface area contributed by atoms with Gasteiger partial charge in [0.2, 0.25) is 0 Å². The number of hydrogen-bond acceptors (Lipinski definition) is 4. The summed E-state index contributed by atoms with van der Waals surface area (Å²) in [5, 5.41) is -3.78. The maximum Gasteiger partial charge on any atom is 0.460 e. The first-order valence-corrected chi connectivity index (χ1v) is 8.14. The van der Waals surface area contributed by atoms with Gasteiger partial charge in [-0.25, -0.2) is 13.5 Å². The summed E-state index contributed by atoms with van der Waals surface area (Å²) in [5.41, 5.74) is 0. The molecule has 0 amide bonds. The topological polar surface area (TPSA) is 75.6 Å². The van der Waals surface area contributed by atoms with E-state index in [1.54, 1.807) is 0 Å². The van der Waals surface area contributed by atoms with Crippen LogP contribution in [0.5, 0.6) is 0 Å². The maximum atomic E-state index is 12.6. The lowest BCUT2D eigenvalue weighted by molar-refractivity contribution is -0.482. The van der Waals surface area contributed by atoms with Gasteiger partial charge in [0.05, 0.1) is 0 Å². The van der Waals surface area contributed by atoms with E-state index in [1.807, 2.05) is 0 Å². The Morgan fingerprint density at radius 2 is 1.21 bits per heavy atom. The second-order valence-corrected chi connectivity index (χ2v) is 6.55. The van der Waals surface area contributed by atoms with Crippen LogP contribution in [-0.2, 0) is 14.9 Å². The Balaban J connectivity index is 0.00000125. The van der Waals surface area contributed by atoms with E-state index in [4.69, 9.17) is 4.55 Å². The van der Waals surface area contributed by atoms with Crippen molar-refractivity contribution < 1.29 is 70.4 Å². The van der Waals surface area contributed by atoms with Crippen LogP contribution in [0.1, 0.15) is 12.8 Å². The van der Waals surface area contributed by atoms with Gasteiger partial charge in [0.25, 0.3) is 0 Å². The quantitative estimate of drug-likeness (QED) is 0.441. The minimum absolute atomic E-state index is 1.25. The molecule has 5 nitrogen and oxygen atoms in total. The van der Waals surface area contributed by atoms with Crippen molar-refractivity contribution in [2.75, 3.05) is 13.1 Å². The molecule has 28 heavy (non-hydrogen) atoms. The van der Waals surface area contributed by atoms with E-state index in [2.05, 4.69) is 5.32 Å². The van der Waals surface area contributed by atoms with E-state index < -0.39 is 45.9 Å². The van der Waals surface area contributed by atoms with Gasteiger partial charge in [-0.15, -0.1) is 0 Å². The van der Waals surface area contributed by atoms with Crippen molar-refractivity contribution >= 4 is 10.1 Å². The minimum atomic E-state index is -7.47. The molecule has 0 radical (unpaired) electrons. The zero-order chi connectivity index (χ0) is 22.8. The Kier molecular flexibility index (Phi) is 8.08. The van der Waals surface area contributed by atoms with Crippen LogP contribution in [0, 0.1) is 0 Å². The fourth-order valence-corrected chi connectivity index (χ4v) is 1.73. The molecule has 0 aliphatic carbocycles. The van der Waals surface area contributed by atoms with Crippen molar-refractivity contribution in [2.45, 2.75) is 48.6 Å². The van der Waals surface area contributed by atoms with Gasteiger partial charge < -0.3 is 5.32 Å². The summed E-state index contributed by atoms with van der Waals surface area (Å²) in [6.07, 6.45) is -17.4. The van der Waals surface area contributed by atoms with E-state index in [0.717, 1.165) is 0 Å². The number of hydrogen-bond donors (Lipinski definition) is 2. The lowest BCUT2D eigenvalue weighted by atomic mass is 10.1. The number of ether oxygens (including phenoxy) is 1. The van der Waals surface area contributed by atoms with E-state index in [9.17, 15) is 61.1 Å². The van der Waals surface area contributed by atoms with Crippen LogP contribution in [-0.4, -0.2) is 61.8 Å². The van der Waals surface area contributed by atoms with Gasteiger partial charge in [0.15, 0.2) is 0 Å². The standard InChI is InChI=1S/C6H2F12O4S.C4H9N/c7-1(8)2(9,10)3(11,12)4(13,14)22-5(15,16)6(17,18)23(19,20)21;1-2-4-5-3-1/h1H,(H,19,20,21);5H,1-4H2. The Labute approximate surface area is 148 Å². The van der Waals surface area contributed by atoms with Gasteiger partial charge in [-0.05, 0) is 25.9 Å². The molecule has 0 bridgehead atoms. The monoisotopic (exact) mass is 469 g/mol. The number of rotatable bonds is 7. The third-order valence-corrected chi connectivity index (χ3v) is 3.82. The molecule has 1 aliphatic rings. The third kappa shape index (κ3) is 5.32. The molecule has 170 valence electrons. The van der Waals surface area contributed by atoms with Gasteiger partial charge in [0.1, 0.15) is 0 Å². The summed E-state index contributed by atoms with van der Waals surface area (Å²) in [6, 6.07) is 0. The van der Waals surface area contributed by atoms with Gasteiger partial charge in [-0.1, -0.05) is 0 Å². The fourth-order valence-electron chi connectivity index (χ4n) is 1.39. The Hall–Kier alpha value is -1.01. The van der Waals surface area contributed by atoms with Crippen molar-refractivity contribution in [3.05, 3.63) is 0 Å². The van der Waals surface area contributed by atoms with Gasteiger partial charge in [-0.3, -0.25) is 4.55 Å². The summed E-state index contributed by atoms with van der Waals surface area (Å²) in [7, 11) is -7.25. The fraction of sp³-hybridized carbons (Fsp3) is 1.00. The summed E-state index contributed by atoms with van der Waals surface area (Å²) >= 11 is 0. The van der Waals surface area contributed by atoms with E-state index in [-0.39, 0.29) is 0 Å². The molecule has 2 N–H and O–H groups in total. The highest BCUT2D eigenvalue weighted by molar-refractivity contribution is 7.86. The summed E-state index contributed by atoms with van der Waals surface area (Å²) in [6.45, 7) is 2.50. The van der Waals surface area contributed by atoms with E-state index >= 15 is 0 Å². The number of halogens is 12. The predicted octanol–water partition coefficient (Wildman–Crippen LogP) is 3.57. The maximum absolute atomic E-state index is 12.6. The van der Waals surface area contributed by atoms with Crippen LogP contribution in [0.25, 0.3) is 0 Å². The second-order valence-electron chi connectivity index (χ2n) is 5.08. The zero-order valence-electron chi connectivity index (χ0n) is 13.0. The average Bonchev–Trinajstić information content (AvgIpc) is 3.03. The molecule has 1 heterocycles. The molecule has 0 saturated carbocycles. The first kappa shape index (κ1) is 27.0. The highest BCUT2D eigenvalue weighted by Gasteiger charge is 2.81. The summed E-state index contributed by atoms with van der Waals surface area (Å²) in [4.78, 5) is 0. The number of alkyl halides is 12. The van der Waals surface area contributed by atoms with Crippen molar-refractivity contribution in [1.29, 1.82) is 0 Å². The number of nitrogens with one attached hydrogen (secondary N) is 1. The van der Waals surface area contributed by atoms with Crippen LogP contribution in [0.3, 0.4) is 0 Å². The van der Waals surface area contributed by atoms with Crippen molar-refractivity contribution in [2.24, 2.45) is 0 Å². The van der Waals surface area contributed by atoms with Crippen LogP contribution >= 0.6 is 0 Å². The summed E-state index contributed by atoms with van der Waals surface area (Å²) < 4.78 is 177. The van der Waals surface area contributed by atoms with Crippen molar-refractivity contribution in [3.63, 3.8) is 0 Å². The SMILES string of the molecule is C1CCNC1.O=S(=O)(O)C(F)(F)C(F)(F)OC(F)(F)C(F)(F)C(F)(F)C(F)F. The van der Waals surface area contributed by atoms with Crippen LogP contribution in [0.4, 0.5) is 52.7 Å². The van der Waals surface area contributed by atoms with Crippen molar-refractivity contribution in [1.82, 2.24) is 5.32 Å². The Morgan fingerprint density at radius 3 is 1.46 bits per heavy atom. The predicted molar refractivity (Wildman–Crippen MR) is 65.5 cm³/mol. The lowest BCUT2D eigenvalue weighted by Crippen LogP contribution is -2.62. The van der Waals surface area contributed by atoms with Crippen molar-refractivity contribution in [3.8, 4) is 0 Å². The Bertz CT molecular complexity index is 612. The highest BCUT2D eigenvalue weighted by atomic mass is 32.2. The van der Waals surface area contributed by atoms with Gasteiger partial charge >= 0.3 is 45.9 Å². The molecular formula is C10H11F12NO4S. The molecule has 0 spiro atoms. The van der Waals surface area contributed by atoms with Crippen LogP contribution in [0.2, 0.25) is 0 Å². The second kappa shape index (κ2) is 8.39. The first-order valence-electron chi connectivity index (χ1n) is 6.70. The average molecular weight is 469 g/mol. The van der Waals surface area contributed by atoms with Crippen LogP contribution in [0.15, 0.2) is 0 Å². The molecule has 1 fully saturated rings. The Morgan fingerprint density at radius 1 is 0.821 bits per heavy atom. The normalized spacial score (nSPS) is 17.5.